The van der Waals surface area contributed by atoms with E-state index in [0.29, 0.717) is 37.0 Å². The fourth-order valence-corrected chi connectivity index (χ4v) is 5.86. The van der Waals surface area contributed by atoms with Crippen LogP contribution in [0.25, 0.3) is 0 Å². The topological polar surface area (TPSA) is 114 Å². The number of β-amino-alcohol motifs (C(OH)–C–C–N with tert-alkyl or cyclic N) is 1. The quantitative estimate of drug-likeness (QED) is 0.476. The number of aromatic nitrogens is 2. The number of nitrogens with one attached hydrogen (secondary N) is 2. The molecule has 11 heteroatoms. The van der Waals surface area contributed by atoms with Crippen LogP contribution in [0.5, 0.6) is 0 Å². The van der Waals surface area contributed by atoms with Crippen LogP contribution in [0, 0.1) is 0 Å². The molecule has 2 amide bonds. The van der Waals surface area contributed by atoms with E-state index in [4.69, 9.17) is 11.6 Å². The van der Waals surface area contributed by atoms with Gasteiger partial charge in [0.1, 0.15) is 12.0 Å². The van der Waals surface area contributed by atoms with Crippen molar-refractivity contribution in [3.8, 4) is 0 Å². The maximum Gasteiger partial charge on any atom is 0.245 e. The number of hydrogen-bond donors (Lipinski definition) is 3. The second-order valence-electron chi connectivity index (χ2n) is 10.3. The van der Waals surface area contributed by atoms with E-state index in [1.165, 1.54) is 6.33 Å². The van der Waals surface area contributed by atoms with Crippen molar-refractivity contribution in [3.63, 3.8) is 0 Å². The summed E-state index contributed by atoms with van der Waals surface area (Å²) in [6.45, 7) is 6.41. The molecule has 3 N–H and O–H groups in total. The highest BCUT2D eigenvalue weighted by Crippen LogP contribution is 2.40. The van der Waals surface area contributed by atoms with Crippen molar-refractivity contribution < 1.29 is 14.7 Å². The van der Waals surface area contributed by atoms with Gasteiger partial charge in [0, 0.05) is 49.3 Å². The summed E-state index contributed by atoms with van der Waals surface area (Å²) in [6, 6.07) is 7.97. The second kappa shape index (κ2) is 10.8. The first kappa shape index (κ1) is 25.7. The predicted molar refractivity (Wildman–Crippen MR) is 143 cm³/mol. The summed E-state index contributed by atoms with van der Waals surface area (Å²) in [4.78, 5) is 41.2. The molecule has 5 rings (SSSR count). The number of rotatable bonds is 8. The number of benzene rings is 1. The number of amides is 2. The van der Waals surface area contributed by atoms with Crippen LogP contribution in [0.15, 0.2) is 30.6 Å². The normalized spacial score (nSPS) is 21.8. The minimum Gasteiger partial charge on any atom is -0.395 e. The van der Waals surface area contributed by atoms with E-state index in [1.807, 2.05) is 29.2 Å². The van der Waals surface area contributed by atoms with E-state index in [9.17, 15) is 14.7 Å². The van der Waals surface area contributed by atoms with E-state index < -0.39 is 0 Å². The Labute approximate surface area is 222 Å². The Hall–Kier alpha value is -2.95. The number of anilines is 3. The van der Waals surface area contributed by atoms with Gasteiger partial charge in [-0.2, -0.15) is 0 Å². The zero-order valence-corrected chi connectivity index (χ0v) is 22.0. The SMILES string of the molecule is CC(C)NCC(C(=O)N1C2CCC1CN(c1ncnc3c1N(CCO)CC(=O)N3)C2)c1ccc(Cl)cc1. The molecule has 3 unspecified atom stereocenters. The van der Waals surface area contributed by atoms with Gasteiger partial charge in [-0.1, -0.05) is 37.6 Å². The number of carbonyl (C=O) groups is 2. The molecule has 1 aromatic heterocycles. The van der Waals surface area contributed by atoms with Crippen LogP contribution in [-0.2, 0) is 9.59 Å². The summed E-state index contributed by atoms with van der Waals surface area (Å²) < 4.78 is 0. The maximum atomic E-state index is 14.0. The molecule has 4 heterocycles. The molecule has 1 aromatic carbocycles. The summed E-state index contributed by atoms with van der Waals surface area (Å²) in [6.07, 6.45) is 3.33. The highest BCUT2D eigenvalue weighted by Gasteiger charge is 2.45. The fraction of sp³-hybridized carbons (Fsp3) is 0.538. The monoisotopic (exact) mass is 527 g/mol. The average Bonchev–Trinajstić information content (AvgIpc) is 3.13. The number of halogens is 1. The Morgan fingerprint density at radius 1 is 1.19 bits per heavy atom. The van der Waals surface area contributed by atoms with Gasteiger partial charge < -0.3 is 30.4 Å². The third-order valence-corrected chi connectivity index (χ3v) is 7.67. The van der Waals surface area contributed by atoms with Gasteiger partial charge in [0.05, 0.1) is 19.1 Å². The summed E-state index contributed by atoms with van der Waals surface area (Å²) in [5, 5.41) is 16.5. The number of piperazine rings is 1. The molecular weight excluding hydrogens is 494 g/mol. The molecule has 198 valence electrons. The van der Waals surface area contributed by atoms with Crippen molar-refractivity contribution in [1.82, 2.24) is 20.2 Å². The summed E-state index contributed by atoms with van der Waals surface area (Å²) in [7, 11) is 0. The van der Waals surface area contributed by atoms with Crippen LogP contribution < -0.4 is 20.4 Å². The van der Waals surface area contributed by atoms with Gasteiger partial charge in [0.2, 0.25) is 11.8 Å². The molecule has 10 nitrogen and oxygen atoms in total. The molecule has 3 aliphatic rings. The molecule has 3 aliphatic heterocycles. The van der Waals surface area contributed by atoms with Crippen molar-refractivity contribution in [3.05, 3.63) is 41.2 Å². The van der Waals surface area contributed by atoms with Crippen molar-refractivity contribution in [1.29, 1.82) is 0 Å². The van der Waals surface area contributed by atoms with Gasteiger partial charge in [-0.15, -0.1) is 0 Å². The van der Waals surface area contributed by atoms with Crippen molar-refractivity contribution >= 4 is 40.7 Å². The van der Waals surface area contributed by atoms with Crippen LogP contribution in [0.2, 0.25) is 5.02 Å². The molecule has 2 saturated heterocycles. The van der Waals surface area contributed by atoms with E-state index in [-0.39, 0.29) is 49.0 Å². The third-order valence-electron chi connectivity index (χ3n) is 7.42. The number of hydrogen-bond acceptors (Lipinski definition) is 8. The Morgan fingerprint density at radius 2 is 1.89 bits per heavy atom. The number of carbonyl (C=O) groups excluding carboxylic acids is 2. The highest BCUT2D eigenvalue weighted by molar-refractivity contribution is 6.30. The van der Waals surface area contributed by atoms with E-state index in [1.54, 1.807) is 0 Å². The molecule has 3 atom stereocenters. The van der Waals surface area contributed by atoms with Crippen molar-refractivity contribution in [2.75, 3.05) is 54.4 Å². The van der Waals surface area contributed by atoms with E-state index in [0.717, 1.165) is 29.9 Å². The predicted octanol–water partition coefficient (Wildman–Crippen LogP) is 1.84. The van der Waals surface area contributed by atoms with E-state index >= 15 is 0 Å². The van der Waals surface area contributed by atoms with Gasteiger partial charge in [-0.25, -0.2) is 9.97 Å². The fourth-order valence-electron chi connectivity index (χ4n) is 5.73. The molecule has 0 radical (unpaired) electrons. The molecule has 0 spiro atoms. The molecule has 0 saturated carbocycles. The van der Waals surface area contributed by atoms with Crippen LogP contribution in [0.3, 0.4) is 0 Å². The first-order valence-corrected chi connectivity index (χ1v) is 13.3. The molecule has 2 bridgehead atoms. The van der Waals surface area contributed by atoms with Crippen LogP contribution in [0.4, 0.5) is 17.3 Å². The van der Waals surface area contributed by atoms with Crippen molar-refractivity contribution in [2.45, 2.75) is 50.7 Å². The minimum absolute atomic E-state index is 0.0650. The zero-order chi connectivity index (χ0) is 26.1. The Morgan fingerprint density at radius 3 is 2.54 bits per heavy atom. The highest BCUT2D eigenvalue weighted by atomic mass is 35.5. The average molecular weight is 528 g/mol. The lowest BCUT2D eigenvalue weighted by atomic mass is 9.95. The zero-order valence-electron chi connectivity index (χ0n) is 21.2. The summed E-state index contributed by atoms with van der Waals surface area (Å²) in [5.74, 6) is 0.878. The number of aliphatic hydroxyl groups excluding tert-OH is 1. The lowest BCUT2D eigenvalue weighted by Gasteiger charge is -2.44. The van der Waals surface area contributed by atoms with Gasteiger partial charge in [-0.3, -0.25) is 9.59 Å². The smallest absolute Gasteiger partial charge is 0.245 e. The van der Waals surface area contributed by atoms with Crippen molar-refractivity contribution in [2.24, 2.45) is 0 Å². The molecule has 0 aliphatic carbocycles. The summed E-state index contributed by atoms with van der Waals surface area (Å²) >= 11 is 6.12. The van der Waals surface area contributed by atoms with E-state index in [2.05, 4.69) is 44.2 Å². The Kier molecular flexibility index (Phi) is 7.50. The molecule has 37 heavy (non-hydrogen) atoms. The van der Waals surface area contributed by atoms with Crippen LogP contribution >= 0.6 is 11.6 Å². The third kappa shape index (κ3) is 5.23. The molecule has 2 aromatic rings. The molecule has 2 fully saturated rings. The largest absolute Gasteiger partial charge is 0.395 e. The van der Waals surface area contributed by atoms with Gasteiger partial charge in [-0.05, 0) is 30.5 Å². The van der Waals surface area contributed by atoms with Gasteiger partial charge in [0.25, 0.3) is 0 Å². The molecular formula is C26H34ClN7O3. The number of fused-ring (bicyclic) bond motifs is 3. The number of nitrogens with zero attached hydrogens (tertiary/aromatic N) is 5. The lowest BCUT2D eigenvalue weighted by Crippen LogP contribution is -2.58. The first-order valence-electron chi connectivity index (χ1n) is 12.9. The Balaban J connectivity index is 1.39. The van der Waals surface area contributed by atoms with Crippen LogP contribution in [-0.4, -0.2) is 89.2 Å². The summed E-state index contributed by atoms with van der Waals surface area (Å²) in [5.41, 5.74) is 1.69. The standard InChI is InChI=1S/C26H34ClN7O3/c1-16(2)28-11-21(17-3-5-18(27)6-4-17)26(37)34-19-7-8-20(34)13-33(12-19)25-23-24(29-15-30-25)31-22(36)14-32(23)9-10-35/h3-6,15-16,19-21,28,35H,7-14H2,1-2H3,(H,29,30,31,36). The van der Waals surface area contributed by atoms with Gasteiger partial charge in [0.15, 0.2) is 11.6 Å². The second-order valence-corrected chi connectivity index (χ2v) is 10.7. The lowest BCUT2D eigenvalue weighted by molar-refractivity contribution is -0.136. The minimum atomic E-state index is -0.295. The van der Waals surface area contributed by atoms with Gasteiger partial charge >= 0.3 is 0 Å². The number of aliphatic hydroxyl groups is 1. The first-order chi connectivity index (χ1) is 17.9. The van der Waals surface area contributed by atoms with Crippen LogP contribution in [0.1, 0.15) is 38.2 Å². The Bertz CT molecular complexity index is 1130. The maximum absolute atomic E-state index is 14.0.